The highest BCUT2D eigenvalue weighted by Crippen LogP contribution is 2.29. The number of hydrogen-bond acceptors (Lipinski definition) is 4. The minimum atomic E-state index is -0.212. The summed E-state index contributed by atoms with van der Waals surface area (Å²) in [4.78, 5) is 17.1. The SMILES string of the molecule is O=C(N/N=C1\CCSc2ccccc21)c1ccncc1.[3H]C#C. The van der Waals surface area contributed by atoms with Gasteiger partial charge in [0.2, 0.25) is 0 Å². The van der Waals surface area contributed by atoms with Crippen LogP contribution in [-0.2, 0) is 0 Å². The van der Waals surface area contributed by atoms with E-state index in [0.717, 1.165) is 23.4 Å². The maximum absolute atomic E-state index is 11.9. The van der Waals surface area contributed by atoms with Crippen LogP contribution in [0.15, 0.2) is 58.8 Å². The number of rotatable bonds is 2. The minimum absolute atomic E-state index is 0.212. The van der Waals surface area contributed by atoms with Gasteiger partial charge in [0.05, 0.1) is 5.71 Å². The van der Waals surface area contributed by atoms with Crippen LogP contribution in [0.4, 0.5) is 0 Å². The van der Waals surface area contributed by atoms with E-state index in [1.54, 1.807) is 24.5 Å². The molecule has 1 aromatic carbocycles. The van der Waals surface area contributed by atoms with Crippen molar-refractivity contribution in [2.24, 2.45) is 5.10 Å². The smallest absolute Gasteiger partial charge is 0.267 e. The van der Waals surface area contributed by atoms with E-state index in [0.29, 0.717) is 5.56 Å². The zero-order valence-electron chi connectivity index (χ0n) is 12.8. The van der Waals surface area contributed by atoms with Crippen molar-refractivity contribution in [1.29, 1.82) is 0 Å². The predicted octanol–water partition coefficient (Wildman–Crippen LogP) is 2.96. The molecule has 2 aromatic rings. The Morgan fingerprint density at radius 1 is 1.32 bits per heavy atom. The van der Waals surface area contributed by atoms with Gasteiger partial charge in [0, 0.05) is 40.6 Å². The second-order valence-corrected chi connectivity index (χ2v) is 5.47. The van der Waals surface area contributed by atoms with E-state index in [9.17, 15) is 4.79 Å². The molecular weight excluding hydrogens is 294 g/mol. The van der Waals surface area contributed by atoms with Crippen molar-refractivity contribution in [3.63, 3.8) is 0 Å². The van der Waals surface area contributed by atoms with E-state index >= 15 is 0 Å². The van der Waals surface area contributed by atoms with Gasteiger partial charge in [0.25, 0.3) is 5.91 Å². The third-order valence-corrected chi connectivity index (χ3v) is 4.10. The molecule has 0 saturated heterocycles. The Hall–Kier alpha value is -2.58. The van der Waals surface area contributed by atoms with Crippen molar-refractivity contribution >= 4 is 23.4 Å². The fraction of sp³-hybridized carbons (Fsp3) is 0.118. The first kappa shape index (κ1) is 14.4. The molecule has 1 aliphatic rings. The largest absolute Gasteiger partial charge is 0.271 e. The third kappa shape index (κ3) is 3.74. The number of amides is 1. The molecule has 0 atom stereocenters. The van der Waals surface area contributed by atoms with Gasteiger partial charge in [0.15, 0.2) is 0 Å². The zero-order valence-corrected chi connectivity index (χ0v) is 12.6. The lowest BCUT2D eigenvalue weighted by atomic mass is 10.1. The lowest BCUT2D eigenvalue weighted by Crippen LogP contribution is -2.21. The Morgan fingerprint density at radius 2 is 2.05 bits per heavy atom. The van der Waals surface area contributed by atoms with Crippen LogP contribution in [-0.4, -0.2) is 22.4 Å². The number of nitrogens with zero attached hydrogens (tertiary/aromatic N) is 2. The molecule has 5 heteroatoms. The summed E-state index contributed by atoms with van der Waals surface area (Å²) >= 11 is 1.82. The molecule has 0 fully saturated rings. The van der Waals surface area contributed by atoms with Crippen molar-refractivity contribution in [3.8, 4) is 12.8 Å². The zero-order chi connectivity index (χ0) is 16.5. The van der Waals surface area contributed by atoms with Crippen molar-refractivity contribution in [3.05, 3.63) is 59.9 Å². The van der Waals surface area contributed by atoms with Crippen LogP contribution in [0, 0.1) is 12.8 Å². The van der Waals surface area contributed by atoms with E-state index in [-0.39, 0.29) is 5.91 Å². The van der Waals surface area contributed by atoms with E-state index in [1.807, 2.05) is 30.0 Å². The van der Waals surface area contributed by atoms with E-state index in [2.05, 4.69) is 28.0 Å². The Labute approximate surface area is 135 Å². The van der Waals surface area contributed by atoms with Gasteiger partial charge < -0.3 is 0 Å². The summed E-state index contributed by atoms with van der Waals surface area (Å²) in [6.45, 7) is 0. The number of hydrazone groups is 1. The maximum atomic E-state index is 11.9. The molecule has 1 N–H and O–H groups in total. The standard InChI is InChI=1S/C15H13N3OS.C2H2/c19-15(11-5-8-16-9-6-11)18-17-13-7-10-20-14-4-2-1-3-12(13)14;1-2/h1-6,8-9H,7,10H2,(H,18,19);1-2H/b17-13+;/i;1T. The van der Waals surface area contributed by atoms with Gasteiger partial charge in [-0.15, -0.1) is 24.6 Å². The first-order valence-electron chi connectivity index (χ1n) is 7.12. The molecule has 4 nitrogen and oxygen atoms in total. The lowest BCUT2D eigenvalue weighted by Gasteiger charge is -2.16. The Kier molecular flexibility index (Phi) is 5.23. The molecule has 3 rings (SSSR count). The molecular formula is C17H15N3OS. The molecule has 1 aliphatic heterocycles. The third-order valence-electron chi connectivity index (χ3n) is 3.03. The van der Waals surface area contributed by atoms with E-state index < -0.39 is 0 Å². The topological polar surface area (TPSA) is 54.4 Å². The normalized spacial score (nSPS) is 14.7. The molecule has 0 radical (unpaired) electrons. The van der Waals surface area contributed by atoms with Crippen LogP contribution >= 0.6 is 11.8 Å². The number of hydrogen-bond donors (Lipinski definition) is 1. The summed E-state index contributed by atoms with van der Waals surface area (Å²) in [5, 5.41) is 4.28. The highest BCUT2D eigenvalue weighted by molar-refractivity contribution is 7.99. The molecule has 110 valence electrons. The molecule has 1 aromatic heterocycles. The second-order valence-electron chi connectivity index (χ2n) is 4.33. The predicted molar refractivity (Wildman–Crippen MR) is 89.9 cm³/mol. The van der Waals surface area contributed by atoms with E-state index in [1.165, 1.54) is 11.3 Å². The summed E-state index contributed by atoms with van der Waals surface area (Å²) in [6, 6.07) is 11.5. The van der Waals surface area contributed by atoms with Gasteiger partial charge >= 0.3 is 0 Å². The van der Waals surface area contributed by atoms with Gasteiger partial charge in [-0.3, -0.25) is 9.78 Å². The number of terminal acetylenes is 1. The van der Waals surface area contributed by atoms with Crippen molar-refractivity contribution in [1.82, 2.24) is 10.4 Å². The number of carbonyl (C=O) groups is 1. The summed E-state index contributed by atoms with van der Waals surface area (Å²) in [5.41, 5.74) is 5.22. The van der Waals surface area contributed by atoms with Crippen LogP contribution in [0.2, 0.25) is 0 Å². The fourth-order valence-electron chi connectivity index (χ4n) is 2.03. The van der Waals surface area contributed by atoms with Crippen LogP contribution in [0.1, 0.15) is 23.7 Å². The Morgan fingerprint density at radius 3 is 2.82 bits per heavy atom. The van der Waals surface area contributed by atoms with Gasteiger partial charge in [-0.25, -0.2) is 5.43 Å². The number of carbonyl (C=O) groups excluding carboxylic acids is 1. The van der Waals surface area contributed by atoms with Gasteiger partial charge in [-0.05, 0) is 18.2 Å². The van der Waals surface area contributed by atoms with Crippen LogP contribution in [0.3, 0.4) is 0 Å². The number of nitrogens with one attached hydrogen (secondary N) is 1. The quantitative estimate of drug-likeness (QED) is 0.685. The Bertz CT molecular complexity index is 741. The van der Waals surface area contributed by atoms with E-state index in [4.69, 9.17) is 1.37 Å². The summed E-state index contributed by atoms with van der Waals surface area (Å²) in [6.07, 6.45) is 9.81. The van der Waals surface area contributed by atoms with Crippen molar-refractivity contribution in [2.75, 3.05) is 5.75 Å². The molecule has 22 heavy (non-hydrogen) atoms. The highest BCUT2D eigenvalue weighted by atomic mass is 32.2. The first-order chi connectivity index (χ1) is 11.3. The molecule has 0 bridgehead atoms. The van der Waals surface area contributed by atoms with Crippen LogP contribution in [0.5, 0.6) is 0 Å². The molecule has 0 saturated carbocycles. The van der Waals surface area contributed by atoms with Gasteiger partial charge in [-0.1, -0.05) is 18.2 Å². The van der Waals surface area contributed by atoms with Crippen LogP contribution < -0.4 is 5.43 Å². The number of fused-ring (bicyclic) bond motifs is 1. The molecule has 0 aliphatic carbocycles. The second kappa shape index (κ2) is 8.01. The number of pyridine rings is 1. The Balaban J connectivity index is 0.000000595. The highest BCUT2D eigenvalue weighted by Gasteiger charge is 2.15. The molecule has 0 unspecified atom stereocenters. The average molecular weight is 311 g/mol. The summed E-state index contributed by atoms with van der Waals surface area (Å²) < 4.78 is 5.74. The molecule has 0 spiro atoms. The number of benzene rings is 1. The number of aromatic nitrogens is 1. The summed E-state index contributed by atoms with van der Waals surface area (Å²) in [5.74, 6) is 0.775. The average Bonchev–Trinajstić information content (AvgIpc) is 2.61. The maximum Gasteiger partial charge on any atom is 0.271 e. The first-order valence-corrected chi connectivity index (χ1v) is 7.61. The van der Waals surface area contributed by atoms with Gasteiger partial charge in [0.1, 0.15) is 1.37 Å². The fourth-order valence-corrected chi connectivity index (χ4v) is 3.06. The summed E-state index contributed by atoms with van der Waals surface area (Å²) in [7, 11) is 0. The van der Waals surface area contributed by atoms with Crippen LogP contribution in [0.25, 0.3) is 0 Å². The molecule has 1 amide bonds. The molecule has 2 heterocycles. The lowest BCUT2D eigenvalue weighted by molar-refractivity contribution is 0.0954. The van der Waals surface area contributed by atoms with Crippen molar-refractivity contribution < 1.29 is 6.17 Å². The van der Waals surface area contributed by atoms with Gasteiger partial charge in [-0.2, -0.15) is 5.10 Å². The minimum Gasteiger partial charge on any atom is -0.267 e. The monoisotopic (exact) mass is 311 g/mol. The number of thioether (sulfide) groups is 1. The van der Waals surface area contributed by atoms with Crippen molar-refractivity contribution in [2.45, 2.75) is 11.3 Å².